The van der Waals surface area contributed by atoms with Crippen LogP contribution in [0.25, 0.3) is 0 Å². The van der Waals surface area contributed by atoms with Crippen LogP contribution >= 0.6 is 0 Å². The van der Waals surface area contributed by atoms with E-state index in [1.165, 1.54) is 0 Å². The number of rotatable bonds is 9. The summed E-state index contributed by atoms with van der Waals surface area (Å²) in [5, 5.41) is 8.56. The van der Waals surface area contributed by atoms with Crippen LogP contribution in [-0.2, 0) is 14.8 Å². The highest BCUT2D eigenvalue weighted by molar-refractivity contribution is 7.89. The third kappa shape index (κ3) is 5.28. The third-order valence-corrected chi connectivity index (χ3v) is 4.70. The van der Waals surface area contributed by atoms with Crippen molar-refractivity contribution >= 4 is 10.0 Å². The zero-order chi connectivity index (χ0) is 15.9. The van der Waals surface area contributed by atoms with Gasteiger partial charge in [-0.2, -0.15) is 0 Å². The quantitative estimate of drug-likeness (QED) is 0.664. The standard InChI is InChI=1S/C14H23NO5S/c1-11-9-13(19-3)10-12(2)14(11)21(17,18)15-5-4-7-20-8-6-16/h9-10,15-16H,4-8H2,1-3H3. The summed E-state index contributed by atoms with van der Waals surface area (Å²) in [5.74, 6) is 0.640. The Balaban J connectivity index is 2.70. The SMILES string of the molecule is COc1cc(C)c(S(=O)(=O)NCCCOCCO)c(C)c1. The number of ether oxygens (including phenoxy) is 2. The first kappa shape index (κ1) is 17.9. The number of hydrogen-bond acceptors (Lipinski definition) is 5. The Bertz CT molecular complexity index is 533. The highest BCUT2D eigenvalue weighted by atomic mass is 32.2. The Morgan fingerprint density at radius 3 is 2.33 bits per heavy atom. The Morgan fingerprint density at radius 1 is 1.19 bits per heavy atom. The van der Waals surface area contributed by atoms with Gasteiger partial charge in [0.15, 0.2) is 0 Å². The molecule has 120 valence electrons. The molecule has 0 aliphatic rings. The number of aryl methyl sites for hydroxylation is 2. The number of nitrogens with one attached hydrogen (secondary N) is 1. The third-order valence-electron chi connectivity index (χ3n) is 2.93. The second-order valence-corrected chi connectivity index (χ2v) is 6.38. The van der Waals surface area contributed by atoms with Gasteiger partial charge in [0.2, 0.25) is 10.0 Å². The van der Waals surface area contributed by atoms with Crippen LogP contribution in [0.1, 0.15) is 17.5 Å². The van der Waals surface area contributed by atoms with Crippen LogP contribution in [0.2, 0.25) is 0 Å². The summed E-state index contributed by atoms with van der Waals surface area (Å²) in [6.45, 7) is 4.42. The molecule has 1 aromatic rings. The van der Waals surface area contributed by atoms with Crippen molar-refractivity contribution in [3.63, 3.8) is 0 Å². The van der Waals surface area contributed by atoms with E-state index in [-0.39, 0.29) is 13.2 Å². The molecule has 0 fully saturated rings. The van der Waals surface area contributed by atoms with Gasteiger partial charge in [0, 0.05) is 13.2 Å². The molecule has 21 heavy (non-hydrogen) atoms. The fraction of sp³-hybridized carbons (Fsp3) is 0.571. The molecule has 0 spiro atoms. The van der Waals surface area contributed by atoms with Crippen molar-refractivity contribution < 1.29 is 23.0 Å². The molecule has 0 saturated heterocycles. The Labute approximate surface area is 126 Å². The average Bonchev–Trinajstić information content (AvgIpc) is 2.41. The largest absolute Gasteiger partial charge is 0.497 e. The second kappa shape index (κ2) is 8.33. The predicted molar refractivity (Wildman–Crippen MR) is 80.2 cm³/mol. The number of benzene rings is 1. The lowest BCUT2D eigenvalue weighted by atomic mass is 10.1. The minimum Gasteiger partial charge on any atom is -0.497 e. The van der Waals surface area contributed by atoms with Crippen molar-refractivity contribution in [1.82, 2.24) is 4.72 Å². The van der Waals surface area contributed by atoms with Crippen molar-refractivity contribution in [1.29, 1.82) is 0 Å². The molecule has 6 nitrogen and oxygen atoms in total. The molecular weight excluding hydrogens is 294 g/mol. The van der Waals surface area contributed by atoms with E-state index in [0.29, 0.717) is 41.3 Å². The maximum atomic E-state index is 12.3. The van der Waals surface area contributed by atoms with Gasteiger partial charge in [0.1, 0.15) is 5.75 Å². The fourth-order valence-corrected chi connectivity index (χ4v) is 3.59. The molecule has 0 saturated carbocycles. The van der Waals surface area contributed by atoms with E-state index in [9.17, 15) is 8.42 Å². The van der Waals surface area contributed by atoms with Crippen LogP contribution in [0.5, 0.6) is 5.75 Å². The van der Waals surface area contributed by atoms with E-state index in [1.807, 2.05) is 0 Å². The van der Waals surface area contributed by atoms with Crippen LogP contribution in [0.4, 0.5) is 0 Å². The topological polar surface area (TPSA) is 84.9 Å². The predicted octanol–water partition coefficient (Wildman–Crippen LogP) is 0.989. The van der Waals surface area contributed by atoms with Gasteiger partial charge in [-0.3, -0.25) is 0 Å². The highest BCUT2D eigenvalue weighted by Crippen LogP contribution is 2.25. The summed E-state index contributed by atoms with van der Waals surface area (Å²) in [4.78, 5) is 0.291. The minimum absolute atomic E-state index is 0.0318. The van der Waals surface area contributed by atoms with E-state index < -0.39 is 10.0 Å². The number of aliphatic hydroxyl groups excluding tert-OH is 1. The highest BCUT2D eigenvalue weighted by Gasteiger charge is 2.19. The molecule has 0 atom stereocenters. The number of sulfonamides is 1. The lowest BCUT2D eigenvalue weighted by Gasteiger charge is -2.13. The van der Waals surface area contributed by atoms with Gasteiger partial charge in [0.25, 0.3) is 0 Å². The summed E-state index contributed by atoms with van der Waals surface area (Å²) in [6, 6.07) is 3.40. The van der Waals surface area contributed by atoms with Crippen molar-refractivity contribution in [2.24, 2.45) is 0 Å². The molecular formula is C14H23NO5S. The van der Waals surface area contributed by atoms with E-state index in [4.69, 9.17) is 14.6 Å². The number of methoxy groups -OCH3 is 1. The lowest BCUT2D eigenvalue weighted by molar-refractivity contribution is 0.0913. The van der Waals surface area contributed by atoms with Gasteiger partial charge in [-0.05, 0) is 43.5 Å². The summed E-state index contributed by atoms with van der Waals surface area (Å²) >= 11 is 0. The first-order valence-corrected chi connectivity index (χ1v) is 8.24. The molecule has 0 radical (unpaired) electrons. The summed E-state index contributed by atoms with van der Waals surface area (Å²) in [7, 11) is -2.00. The van der Waals surface area contributed by atoms with E-state index in [2.05, 4.69) is 4.72 Å². The first-order valence-electron chi connectivity index (χ1n) is 6.76. The van der Waals surface area contributed by atoms with Gasteiger partial charge in [0.05, 0.1) is 25.2 Å². The molecule has 0 aromatic heterocycles. The van der Waals surface area contributed by atoms with Crippen LogP contribution in [0, 0.1) is 13.8 Å². The van der Waals surface area contributed by atoms with Crippen LogP contribution < -0.4 is 9.46 Å². The van der Waals surface area contributed by atoms with E-state index in [1.54, 1.807) is 33.1 Å². The van der Waals surface area contributed by atoms with E-state index >= 15 is 0 Å². The normalized spacial score (nSPS) is 11.6. The molecule has 0 heterocycles. The van der Waals surface area contributed by atoms with Crippen molar-refractivity contribution in [3.05, 3.63) is 23.3 Å². The summed E-state index contributed by atoms with van der Waals surface area (Å²) in [6.07, 6.45) is 0.549. The van der Waals surface area contributed by atoms with Gasteiger partial charge < -0.3 is 14.6 Å². The summed E-state index contributed by atoms with van der Waals surface area (Å²) in [5.41, 5.74) is 1.30. The lowest BCUT2D eigenvalue weighted by Crippen LogP contribution is -2.27. The van der Waals surface area contributed by atoms with Gasteiger partial charge in [-0.1, -0.05) is 0 Å². The van der Waals surface area contributed by atoms with Crippen molar-refractivity contribution in [2.45, 2.75) is 25.2 Å². The monoisotopic (exact) mass is 317 g/mol. The number of hydrogen-bond donors (Lipinski definition) is 2. The van der Waals surface area contributed by atoms with Gasteiger partial charge >= 0.3 is 0 Å². The maximum Gasteiger partial charge on any atom is 0.241 e. The molecule has 2 N–H and O–H groups in total. The number of aliphatic hydroxyl groups is 1. The molecule has 0 unspecified atom stereocenters. The average molecular weight is 317 g/mol. The minimum atomic E-state index is -3.55. The molecule has 0 bridgehead atoms. The van der Waals surface area contributed by atoms with Crippen LogP contribution in [0.15, 0.2) is 17.0 Å². The maximum absolute atomic E-state index is 12.3. The van der Waals surface area contributed by atoms with Crippen LogP contribution in [0.3, 0.4) is 0 Å². The molecule has 1 rings (SSSR count). The van der Waals surface area contributed by atoms with Gasteiger partial charge in [-0.15, -0.1) is 0 Å². The molecule has 0 amide bonds. The molecule has 0 aliphatic carbocycles. The molecule has 0 aliphatic heterocycles. The van der Waals surface area contributed by atoms with Crippen molar-refractivity contribution in [2.75, 3.05) is 33.5 Å². The molecule has 7 heteroatoms. The van der Waals surface area contributed by atoms with Gasteiger partial charge in [-0.25, -0.2) is 13.1 Å². The second-order valence-electron chi connectivity index (χ2n) is 4.68. The first-order chi connectivity index (χ1) is 9.92. The van der Waals surface area contributed by atoms with Crippen molar-refractivity contribution in [3.8, 4) is 5.75 Å². The zero-order valence-corrected chi connectivity index (χ0v) is 13.5. The van der Waals surface area contributed by atoms with Crippen LogP contribution in [-0.4, -0.2) is 47.0 Å². The Hall–Kier alpha value is -1.15. The Morgan fingerprint density at radius 2 is 1.81 bits per heavy atom. The fourth-order valence-electron chi connectivity index (χ4n) is 2.07. The zero-order valence-electron chi connectivity index (χ0n) is 12.7. The Kier molecular flexibility index (Phi) is 7.10. The van der Waals surface area contributed by atoms with E-state index in [0.717, 1.165) is 0 Å². The summed E-state index contributed by atoms with van der Waals surface area (Å²) < 4.78 is 37.4. The smallest absolute Gasteiger partial charge is 0.241 e. The molecule has 1 aromatic carbocycles.